The fourth-order valence-corrected chi connectivity index (χ4v) is 3.59. The van der Waals surface area contributed by atoms with Gasteiger partial charge in [0.25, 0.3) is 0 Å². The Kier molecular flexibility index (Phi) is 4.10. The molecule has 2 heteroatoms. The highest BCUT2D eigenvalue weighted by Gasteiger charge is 2.33. The summed E-state index contributed by atoms with van der Waals surface area (Å²) in [6.07, 6.45) is 5.45. The maximum Gasteiger partial charge on any atom is 0.335 e. The van der Waals surface area contributed by atoms with Crippen LogP contribution in [0.2, 0.25) is 0 Å². The van der Waals surface area contributed by atoms with Crippen LogP contribution in [0.4, 0.5) is 0 Å². The predicted molar refractivity (Wildman–Crippen MR) is 103 cm³/mol. The quantitative estimate of drug-likeness (QED) is 0.762. The third-order valence-electron chi connectivity index (χ3n) is 5.38. The van der Waals surface area contributed by atoms with Gasteiger partial charge in [0.2, 0.25) is 0 Å². The van der Waals surface area contributed by atoms with Crippen LogP contribution in [-0.4, -0.2) is 11.1 Å². The summed E-state index contributed by atoms with van der Waals surface area (Å²) in [6, 6.07) is 11.9. The molecular weight excluding hydrogens is 308 g/mol. The Hall–Kier alpha value is -2.35. The summed E-state index contributed by atoms with van der Waals surface area (Å²) < 4.78 is 0. The second kappa shape index (κ2) is 5.87. The van der Waals surface area contributed by atoms with Gasteiger partial charge in [-0.2, -0.15) is 0 Å². The van der Waals surface area contributed by atoms with Crippen molar-refractivity contribution in [1.29, 1.82) is 0 Å². The first-order chi connectivity index (χ1) is 11.6. The molecule has 0 amide bonds. The SMILES string of the molecule is Cc1cc2c(cc1Cc1ccc(C(=O)O)cc1)C(C)(C)C=CC2(C)C. The first kappa shape index (κ1) is 17.5. The lowest BCUT2D eigenvalue weighted by Crippen LogP contribution is -2.29. The van der Waals surface area contributed by atoms with E-state index >= 15 is 0 Å². The molecule has 1 aliphatic carbocycles. The monoisotopic (exact) mass is 334 g/mol. The number of allylic oxidation sites excluding steroid dienone is 2. The lowest BCUT2D eigenvalue weighted by molar-refractivity contribution is 0.0697. The van der Waals surface area contributed by atoms with Crippen molar-refractivity contribution in [3.05, 3.63) is 81.9 Å². The van der Waals surface area contributed by atoms with Gasteiger partial charge < -0.3 is 5.11 Å². The smallest absolute Gasteiger partial charge is 0.335 e. The number of aryl methyl sites for hydroxylation is 1. The van der Waals surface area contributed by atoms with Crippen molar-refractivity contribution in [2.75, 3.05) is 0 Å². The zero-order valence-electron chi connectivity index (χ0n) is 15.7. The van der Waals surface area contributed by atoms with Gasteiger partial charge in [0, 0.05) is 10.8 Å². The van der Waals surface area contributed by atoms with E-state index in [9.17, 15) is 4.79 Å². The van der Waals surface area contributed by atoms with Crippen molar-refractivity contribution >= 4 is 5.97 Å². The van der Waals surface area contributed by atoms with E-state index in [1.165, 1.54) is 22.3 Å². The zero-order valence-corrected chi connectivity index (χ0v) is 15.7. The van der Waals surface area contributed by atoms with E-state index in [0.29, 0.717) is 5.56 Å². The number of fused-ring (bicyclic) bond motifs is 1. The second-order valence-corrected chi connectivity index (χ2v) is 8.28. The van der Waals surface area contributed by atoms with Crippen LogP contribution in [0.3, 0.4) is 0 Å². The van der Waals surface area contributed by atoms with Gasteiger partial charge in [-0.25, -0.2) is 4.79 Å². The van der Waals surface area contributed by atoms with E-state index < -0.39 is 5.97 Å². The molecule has 0 bridgehead atoms. The van der Waals surface area contributed by atoms with Crippen molar-refractivity contribution in [2.24, 2.45) is 0 Å². The Morgan fingerprint density at radius 3 is 1.96 bits per heavy atom. The highest BCUT2D eigenvalue weighted by Crippen LogP contribution is 2.42. The zero-order chi connectivity index (χ0) is 18.4. The molecule has 1 aliphatic rings. The van der Waals surface area contributed by atoms with Crippen LogP contribution in [0.5, 0.6) is 0 Å². The molecule has 0 aromatic heterocycles. The average Bonchev–Trinajstić information content (AvgIpc) is 2.54. The Bertz CT molecular complexity index is 852. The molecule has 0 fully saturated rings. The van der Waals surface area contributed by atoms with Crippen molar-refractivity contribution in [3.63, 3.8) is 0 Å². The molecule has 3 rings (SSSR count). The van der Waals surface area contributed by atoms with Crippen LogP contribution in [-0.2, 0) is 17.3 Å². The van der Waals surface area contributed by atoms with Crippen LogP contribution >= 0.6 is 0 Å². The van der Waals surface area contributed by atoms with E-state index in [-0.39, 0.29) is 10.8 Å². The highest BCUT2D eigenvalue weighted by molar-refractivity contribution is 5.87. The number of carbonyl (C=O) groups is 1. The Morgan fingerprint density at radius 1 is 0.920 bits per heavy atom. The predicted octanol–water partition coefficient (Wildman–Crippen LogP) is 5.41. The number of carboxylic acids is 1. The molecule has 1 N–H and O–H groups in total. The second-order valence-electron chi connectivity index (χ2n) is 8.28. The van der Waals surface area contributed by atoms with Crippen molar-refractivity contribution in [1.82, 2.24) is 0 Å². The van der Waals surface area contributed by atoms with Gasteiger partial charge in [0.1, 0.15) is 0 Å². The number of hydrogen-bond donors (Lipinski definition) is 1. The molecule has 0 saturated heterocycles. The summed E-state index contributed by atoms with van der Waals surface area (Å²) in [5.41, 5.74) is 6.94. The maximum atomic E-state index is 11.0. The summed E-state index contributed by atoms with van der Waals surface area (Å²) >= 11 is 0. The first-order valence-corrected chi connectivity index (χ1v) is 8.77. The topological polar surface area (TPSA) is 37.3 Å². The molecule has 0 heterocycles. The fourth-order valence-electron chi connectivity index (χ4n) is 3.59. The minimum atomic E-state index is -0.882. The summed E-state index contributed by atoms with van der Waals surface area (Å²) in [6.45, 7) is 11.2. The minimum absolute atomic E-state index is 0.0282. The van der Waals surface area contributed by atoms with Gasteiger partial charge in [-0.05, 0) is 53.3 Å². The van der Waals surface area contributed by atoms with Gasteiger partial charge in [0.15, 0.2) is 0 Å². The molecule has 0 atom stereocenters. The van der Waals surface area contributed by atoms with Gasteiger partial charge >= 0.3 is 5.97 Å². The van der Waals surface area contributed by atoms with Crippen molar-refractivity contribution in [2.45, 2.75) is 51.9 Å². The lowest BCUT2D eigenvalue weighted by atomic mass is 9.67. The molecular formula is C23H26O2. The van der Waals surface area contributed by atoms with Gasteiger partial charge in [-0.3, -0.25) is 0 Å². The van der Waals surface area contributed by atoms with Gasteiger partial charge in [-0.15, -0.1) is 0 Å². The lowest BCUT2D eigenvalue weighted by Gasteiger charge is -2.37. The Morgan fingerprint density at radius 2 is 1.44 bits per heavy atom. The summed E-state index contributed by atoms with van der Waals surface area (Å²) in [5.74, 6) is -0.882. The summed E-state index contributed by atoms with van der Waals surface area (Å²) in [5, 5.41) is 9.04. The summed E-state index contributed by atoms with van der Waals surface area (Å²) in [7, 11) is 0. The van der Waals surface area contributed by atoms with Crippen LogP contribution in [0, 0.1) is 6.92 Å². The molecule has 2 aromatic carbocycles. The van der Waals surface area contributed by atoms with E-state index in [0.717, 1.165) is 12.0 Å². The molecule has 0 saturated carbocycles. The molecule has 130 valence electrons. The number of rotatable bonds is 3. The number of benzene rings is 2. The number of aromatic carboxylic acids is 1. The maximum absolute atomic E-state index is 11.0. The van der Waals surface area contributed by atoms with E-state index in [4.69, 9.17) is 5.11 Å². The number of carboxylic acid groups (broad SMARTS) is 1. The molecule has 0 radical (unpaired) electrons. The molecule has 0 spiro atoms. The third kappa shape index (κ3) is 3.26. The van der Waals surface area contributed by atoms with Crippen molar-refractivity contribution in [3.8, 4) is 0 Å². The molecule has 0 aliphatic heterocycles. The largest absolute Gasteiger partial charge is 0.478 e. The molecule has 2 aromatic rings. The van der Waals surface area contributed by atoms with E-state index in [1.54, 1.807) is 12.1 Å². The van der Waals surface area contributed by atoms with Gasteiger partial charge in [-0.1, -0.05) is 64.1 Å². The first-order valence-electron chi connectivity index (χ1n) is 8.77. The van der Waals surface area contributed by atoms with E-state index in [1.807, 2.05) is 12.1 Å². The van der Waals surface area contributed by atoms with Crippen LogP contribution in [0.15, 0.2) is 48.6 Å². The average molecular weight is 334 g/mol. The Balaban J connectivity index is 2.00. The summed E-state index contributed by atoms with van der Waals surface area (Å²) in [4.78, 5) is 11.0. The van der Waals surface area contributed by atoms with Crippen LogP contribution < -0.4 is 0 Å². The standard InChI is InChI=1S/C23H26O2/c1-15-12-19-20(23(4,5)11-10-22(19,2)3)14-18(15)13-16-6-8-17(9-7-16)21(24)25/h6-12,14H,13H2,1-5H3,(H,24,25). The normalized spacial score (nSPS) is 17.2. The van der Waals surface area contributed by atoms with Crippen LogP contribution in [0.1, 0.15) is 65.9 Å². The minimum Gasteiger partial charge on any atom is -0.478 e. The van der Waals surface area contributed by atoms with E-state index in [2.05, 4.69) is 58.9 Å². The molecule has 0 unspecified atom stereocenters. The third-order valence-corrected chi connectivity index (χ3v) is 5.38. The number of hydrogen-bond acceptors (Lipinski definition) is 1. The Labute approximate surface area is 150 Å². The highest BCUT2D eigenvalue weighted by atomic mass is 16.4. The molecule has 2 nitrogen and oxygen atoms in total. The van der Waals surface area contributed by atoms with Crippen LogP contribution in [0.25, 0.3) is 0 Å². The fraction of sp³-hybridized carbons (Fsp3) is 0.348. The van der Waals surface area contributed by atoms with Gasteiger partial charge in [0.05, 0.1) is 5.56 Å². The molecule has 25 heavy (non-hydrogen) atoms. The van der Waals surface area contributed by atoms with Crippen molar-refractivity contribution < 1.29 is 9.90 Å².